The van der Waals surface area contributed by atoms with Gasteiger partial charge in [-0.3, -0.25) is 9.59 Å². The number of carbonyl (C=O) groups excluding carboxylic acids is 1. The molecule has 0 heterocycles. The van der Waals surface area contributed by atoms with Gasteiger partial charge in [0.25, 0.3) is 0 Å². The molecule has 0 saturated carbocycles. The molecule has 0 spiro atoms. The Bertz CT molecular complexity index is 675. The van der Waals surface area contributed by atoms with Crippen molar-refractivity contribution in [3.63, 3.8) is 0 Å². The van der Waals surface area contributed by atoms with Crippen molar-refractivity contribution >= 4 is 22.7 Å². The zero-order chi connectivity index (χ0) is 15.2. The van der Waals surface area contributed by atoms with E-state index in [1.54, 1.807) is 0 Å². The van der Waals surface area contributed by atoms with Crippen LogP contribution in [0, 0.1) is 5.92 Å². The van der Waals surface area contributed by atoms with Crippen LogP contribution in [-0.2, 0) is 20.7 Å². The summed E-state index contributed by atoms with van der Waals surface area (Å²) in [7, 11) is 0. The first-order valence-corrected chi connectivity index (χ1v) is 6.60. The molecule has 1 unspecified atom stereocenters. The highest BCUT2D eigenvalue weighted by molar-refractivity contribution is 5.94. The van der Waals surface area contributed by atoms with Crippen LogP contribution in [0.25, 0.3) is 10.8 Å². The lowest BCUT2D eigenvalue weighted by Crippen LogP contribution is -2.28. The summed E-state index contributed by atoms with van der Waals surface area (Å²) < 4.78 is 4.84. The summed E-state index contributed by atoms with van der Waals surface area (Å²) in [6, 6.07) is 13.4. The van der Waals surface area contributed by atoms with Gasteiger partial charge in [0.1, 0.15) is 6.61 Å². The Labute approximate surface area is 122 Å². The molecule has 0 aliphatic carbocycles. The Morgan fingerprint density at radius 1 is 1.19 bits per heavy atom. The molecule has 0 saturated heterocycles. The lowest BCUT2D eigenvalue weighted by atomic mass is 9.97. The molecule has 0 aromatic heterocycles. The predicted octanol–water partition coefficient (Wildman–Crippen LogP) is 2.81. The number of hydrogen-bond donors (Lipinski definition) is 1. The van der Waals surface area contributed by atoms with Crippen molar-refractivity contribution in [1.29, 1.82) is 0 Å². The average Bonchev–Trinajstić information content (AvgIpc) is 2.49. The molecule has 2 aromatic carbocycles. The van der Waals surface area contributed by atoms with Crippen molar-refractivity contribution in [2.45, 2.75) is 6.42 Å². The predicted molar refractivity (Wildman–Crippen MR) is 79.9 cm³/mol. The molecule has 4 heteroatoms. The molecule has 0 aliphatic heterocycles. The maximum absolute atomic E-state index is 11.8. The molecule has 0 fully saturated rings. The van der Waals surface area contributed by atoms with Gasteiger partial charge in [-0.2, -0.15) is 0 Å². The van der Waals surface area contributed by atoms with Crippen LogP contribution in [0.1, 0.15) is 5.56 Å². The van der Waals surface area contributed by atoms with Gasteiger partial charge < -0.3 is 9.84 Å². The molecule has 0 aliphatic rings. The first-order chi connectivity index (χ1) is 10.1. The fourth-order valence-corrected chi connectivity index (χ4v) is 2.11. The minimum absolute atomic E-state index is 0.0142. The first-order valence-electron chi connectivity index (χ1n) is 6.60. The molecule has 1 N–H and O–H groups in total. The normalized spacial score (nSPS) is 11.8. The second kappa shape index (κ2) is 6.70. The van der Waals surface area contributed by atoms with E-state index in [4.69, 9.17) is 4.74 Å². The van der Waals surface area contributed by atoms with Gasteiger partial charge in [-0.25, -0.2) is 0 Å². The largest absolute Gasteiger partial charge is 0.481 e. The number of carboxylic acids is 1. The van der Waals surface area contributed by atoms with Gasteiger partial charge in [0.2, 0.25) is 0 Å². The zero-order valence-corrected chi connectivity index (χ0v) is 11.5. The molecule has 2 rings (SSSR count). The summed E-state index contributed by atoms with van der Waals surface area (Å²) in [5, 5.41) is 11.3. The van der Waals surface area contributed by atoms with Gasteiger partial charge in [0, 0.05) is 0 Å². The molecule has 21 heavy (non-hydrogen) atoms. The molecular formula is C17H16O4. The third-order valence-electron chi connectivity index (χ3n) is 3.18. The standard InChI is InChI=1S/C17H16O4/c1-2-9-21-17(20)15(16(18)19)11-12-7-8-13-5-3-4-6-14(13)10-12/h2-8,10,15H,1,9,11H2,(H,18,19). The summed E-state index contributed by atoms with van der Waals surface area (Å²) in [4.78, 5) is 23.0. The van der Waals surface area contributed by atoms with Crippen molar-refractivity contribution in [3.8, 4) is 0 Å². The Hall–Kier alpha value is -2.62. The SMILES string of the molecule is C=CCOC(=O)C(Cc1ccc2ccccc2c1)C(=O)O. The van der Waals surface area contributed by atoms with Crippen LogP contribution in [0.2, 0.25) is 0 Å². The Morgan fingerprint density at radius 3 is 2.57 bits per heavy atom. The highest BCUT2D eigenvalue weighted by Gasteiger charge is 2.28. The van der Waals surface area contributed by atoms with Crippen LogP contribution in [0.5, 0.6) is 0 Å². The van der Waals surface area contributed by atoms with Gasteiger partial charge in [-0.15, -0.1) is 0 Å². The van der Waals surface area contributed by atoms with Gasteiger partial charge in [0.05, 0.1) is 0 Å². The second-order valence-electron chi connectivity index (χ2n) is 4.70. The van der Waals surface area contributed by atoms with Crippen LogP contribution in [0.3, 0.4) is 0 Å². The minimum atomic E-state index is -1.20. The Balaban J connectivity index is 2.20. The van der Waals surface area contributed by atoms with Crippen LogP contribution in [0.15, 0.2) is 55.1 Å². The third-order valence-corrected chi connectivity index (χ3v) is 3.18. The number of esters is 1. The van der Waals surface area contributed by atoms with Crippen LogP contribution in [-0.4, -0.2) is 23.7 Å². The highest BCUT2D eigenvalue weighted by Crippen LogP contribution is 2.18. The summed E-state index contributed by atoms with van der Waals surface area (Å²) in [6.07, 6.45) is 1.52. The Kier molecular flexibility index (Phi) is 4.72. The number of benzene rings is 2. The summed E-state index contributed by atoms with van der Waals surface area (Å²) in [5.74, 6) is -3.13. The Morgan fingerprint density at radius 2 is 1.90 bits per heavy atom. The van der Waals surface area contributed by atoms with E-state index in [1.807, 2.05) is 42.5 Å². The van der Waals surface area contributed by atoms with E-state index < -0.39 is 17.9 Å². The zero-order valence-electron chi connectivity index (χ0n) is 11.5. The van der Waals surface area contributed by atoms with Crippen molar-refractivity contribution in [2.75, 3.05) is 6.61 Å². The van der Waals surface area contributed by atoms with E-state index in [0.29, 0.717) is 0 Å². The number of fused-ring (bicyclic) bond motifs is 1. The smallest absolute Gasteiger partial charge is 0.320 e. The average molecular weight is 284 g/mol. The molecule has 108 valence electrons. The molecule has 0 amide bonds. The van der Waals surface area contributed by atoms with E-state index in [2.05, 4.69) is 6.58 Å². The summed E-state index contributed by atoms with van der Waals surface area (Å²) in [5.41, 5.74) is 0.789. The topological polar surface area (TPSA) is 63.6 Å². The summed E-state index contributed by atoms with van der Waals surface area (Å²) in [6.45, 7) is 3.44. The third kappa shape index (κ3) is 3.69. The van der Waals surface area contributed by atoms with Gasteiger partial charge in [-0.05, 0) is 22.8 Å². The molecular weight excluding hydrogens is 268 g/mol. The maximum atomic E-state index is 11.8. The molecule has 1 atom stereocenters. The fourth-order valence-electron chi connectivity index (χ4n) is 2.11. The van der Waals surface area contributed by atoms with Crippen LogP contribution >= 0.6 is 0 Å². The number of ether oxygens (including phenoxy) is 1. The van der Waals surface area contributed by atoms with Crippen molar-refractivity contribution < 1.29 is 19.4 Å². The number of rotatable bonds is 6. The number of aliphatic carboxylic acids is 1. The lowest BCUT2D eigenvalue weighted by molar-refractivity contribution is -0.157. The van der Waals surface area contributed by atoms with Crippen molar-refractivity contribution in [3.05, 3.63) is 60.7 Å². The highest BCUT2D eigenvalue weighted by atomic mass is 16.5. The fraction of sp³-hybridized carbons (Fsp3) is 0.176. The van der Waals surface area contributed by atoms with E-state index >= 15 is 0 Å². The van der Waals surface area contributed by atoms with E-state index in [9.17, 15) is 14.7 Å². The van der Waals surface area contributed by atoms with Gasteiger partial charge >= 0.3 is 11.9 Å². The lowest BCUT2D eigenvalue weighted by Gasteiger charge is -2.12. The second-order valence-corrected chi connectivity index (χ2v) is 4.70. The molecule has 2 aromatic rings. The minimum Gasteiger partial charge on any atom is -0.481 e. The van der Waals surface area contributed by atoms with Crippen molar-refractivity contribution in [1.82, 2.24) is 0 Å². The first kappa shape index (κ1) is 14.8. The van der Waals surface area contributed by atoms with Gasteiger partial charge in [-0.1, -0.05) is 55.1 Å². The quantitative estimate of drug-likeness (QED) is 0.503. The van der Waals surface area contributed by atoms with Crippen LogP contribution < -0.4 is 0 Å². The van der Waals surface area contributed by atoms with E-state index in [-0.39, 0.29) is 13.0 Å². The summed E-state index contributed by atoms with van der Waals surface area (Å²) >= 11 is 0. The number of carboxylic acid groups (broad SMARTS) is 1. The molecule has 0 radical (unpaired) electrons. The van der Waals surface area contributed by atoms with Gasteiger partial charge in [0.15, 0.2) is 5.92 Å². The van der Waals surface area contributed by atoms with Crippen LogP contribution in [0.4, 0.5) is 0 Å². The van der Waals surface area contributed by atoms with E-state index in [0.717, 1.165) is 16.3 Å². The molecule has 0 bridgehead atoms. The monoisotopic (exact) mass is 284 g/mol. The number of carbonyl (C=O) groups is 2. The maximum Gasteiger partial charge on any atom is 0.320 e. The number of hydrogen-bond acceptors (Lipinski definition) is 3. The van der Waals surface area contributed by atoms with E-state index in [1.165, 1.54) is 6.08 Å². The molecule has 4 nitrogen and oxygen atoms in total. The van der Waals surface area contributed by atoms with Crippen molar-refractivity contribution in [2.24, 2.45) is 5.92 Å².